The number of aldehydes is 1. The third-order valence-corrected chi connectivity index (χ3v) is 3.68. The zero-order valence-corrected chi connectivity index (χ0v) is 13.9. The predicted molar refractivity (Wildman–Crippen MR) is 86.3 cm³/mol. The van der Waals surface area contributed by atoms with Crippen molar-refractivity contribution < 1.29 is 23.7 Å². The zero-order valence-electron chi connectivity index (χ0n) is 13.9. The van der Waals surface area contributed by atoms with E-state index in [9.17, 15) is 4.79 Å². The number of hydrogen-bond acceptors (Lipinski definition) is 5. The van der Waals surface area contributed by atoms with Crippen LogP contribution in [-0.4, -0.2) is 37.5 Å². The van der Waals surface area contributed by atoms with E-state index in [1.807, 2.05) is 38.1 Å². The molecule has 1 fully saturated rings. The highest BCUT2D eigenvalue weighted by atomic mass is 16.8. The lowest BCUT2D eigenvalue weighted by Crippen LogP contribution is -2.38. The Balaban J connectivity index is 2.00. The van der Waals surface area contributed by atoms with Crippen LogP contribution in [0.4, 0.5) is 0 Å². The average Bonchev–Trinajstić information content (AvgIpc) is 2.84. The van der Waals surface area contributed by atoms with Gasteiger partial charge in [0.15, 0.2) is 12.1 Å². The summed E-state index contributed by atoms with van der Waals surface area (Å²) in [6.45, 7) is 7.69. The SMILES string of the molecule is C=CC[C@@H]1OC(C)(C)O[C@@H]1[C@@H](C=O)OCc1ccc(OC)cc1. The summed E-state index contributed by atoms with van der Waals surface area (Å²) in [6, 6.07) is 7.51. The van der Waals surface area contributed by atoms with Crippen LogP contribution in [0.15, 0.2) is 36.9 Å². The van der Waals surface area contributed by atoms with Crippen molar-refractivity contribution >= 4 is 6.29 Å². The van der Waals surface area contributed by atoms with Crippen LogP contribution < -0.4 is 4.74 Å². The first-order valence-electron chi connectivity index (χ1n) is 7.65. The molecule has 1 aliphatic rings. The van der Waals surface area contributed by atoms with Gasteiger partial charge in [0, 0.05) is 0 Å². The van der Waals surface area contributed by atoms with E-state index in [0.717, 1.165) is 17.6 Å². The van der Waals surface area contributed by atoms with Crippen LogP contribution in [-0.2, 0) is 25.6 Å². The fourth-order valence-electron chi connectivity index (χ4n) is 2.61. The second-order valence-electron chi connectivity index (χ2n) is 5.92. The maximum absolute atomic E-state index is 11.5. The van der Waals surface area contributed by atoms with Crippen LogP contribution in [0.5, 0.6) is 5.75 Å². The number of hydrogen-bond donors (Lipinski definition) is 0. The van der Waals surface area contributed by atoms with E-state index in [1.54, 1.807) is 13.2 Å². The van der Waals surface area contributed by atoms with E-state index < -0.39 is 18.0 Å². The van der Waals surface area contributed by atoms with Crippen molar-refractivity contribution in [2.24, 2.45) is 0 Å². The van der Waals surface area contributed by atoms with Crippen LogP contribution >= 0.6 is 0 Å². The van der Waals surface area contributed by atoms with E-state index in [-0.39, 0.29) is 6.10 Å². The second kappa shape index (κ2) is 7.73. The van der Waals surface area contributed by atoms with Crippen molar-refractivity contribution in [3.8, 4) is 5.75 Å². The van der Waals surface area contributed by atoms with Gasteiger partial charge in [-0.25, -0.2) is 0 Å². The van der Waals surface area contributed by atoms with Gasteiger partial charge in [0.05, 0.1) is 19.8 Å². The number of rotatable bonds is 8. The zero-order chi connectivity index (χ0) is 16.9. The smallest absolute Gasteiger partial charge is 0.163 e. The van der Waals surface area contributed by atoms with Crippen LogP contribution in [0.3, 0.4) is 0 Å². The second-order valence-corrected chi connectivity index (χ2v) is 5.92. The topological polar surface area (TPSA) is 54.0 Å². The van der Waals surface area contributed by atoms with Crippen LogP contribution in [0.2, 0.25) is 0 Å². The Morgan fingerprint density at radius 3 is 2.57 bits per heavy atom. The molecule has 3 atom stereocenters. The molecule has 0 aromatic heterocycles. The summed E-state index contributed by atoms with van der Waals surface area (Å²) < 4.78 is 22.5. The maximum Gasteiger partial charge on any atom is 0.163 e. The summed E-state index contributed by atoms with van der Waals surface area (Å²) in [6.07, 6.45) is 1.75. The summed E-state index contributed by atoms with van der Waals surface area (Å²) in [5.74, 6) is 0.0457. The van der Waals surface area contributed by atoms with Gasteiger partial charge in [0.1, 0.15) is 18.0 Å². The van der Waals surface area contributed by atoms with E-state index in [0.29, 0.717) is 13.0 Å². The first-order chi connectivity index (χ1) is 11.0. The third kappa shape index (κ3) is 4.64. The van der Waals surface area contributed by atoms with E-state index in [2.05, 4.69) is 6.58 Å². The van der Waals surface area contributed by atoms with Gasteiger partial charge in [-0.1, -0.05) is 18.2 Å². The summed E-state index contributed by atoms with van der Waals surface area (Å²) >= 11 is 0. The number of carbonyl (C=O) groups is 1. The summed E-state index contributed by atoms with van der Waals surface area (Å²) in [4.78, 5) is 11.5. The molecule has 0 N–H and O–H groups in total. The number of carbonyl (C=O) groups excluding carboxylic acids is 1. The van der Waals surface area contributed by atoms with Crippen LogP contribution in [0.25, 0.3) is 0 Å². The van der Waals surface area contributed by atoms with Gasteiger partial charge >= 0.3 is 0 Å². The van der Waals surface area contributed by atoms with Gasteiger partial charge in [-0.2, -0.15) is 0 Å². The van der Waals surface area contributed by atoms with Gasteiger partial charge in [0.25, 0.3) is 0 Å². The molecule has 2 rings (SSSR count). The van der Waals surface area contributed by atoms with Gasteiger partial charge in [0.2, 0.25) is 0 Å². The van der Waals surface area contributed by atoms with E-state index in [1.165, 1.54) is 0 Å². The minimum Gasteiger partial charge on any atom is -0.497 e. The Labute approximate surface area is 137 Å². The average molecular weight is 320 g/mol. The summed E-state index contributed by atoms with van der Waals surface area (Å²) in [7, 11) is 1.62. The number of ether oxygens (including phenoxy) is 4. The monoisotopic (exact) mass is 320 g/mol. The molecule has 0 bridgehead atoms. The highest BCUT2D eigenvalue weighted by Gasteiger charge is 2.45. The van der Waals surface area contributed by atoms with Crippen molar-refractivity contribution in [2.75, 3.05) is 7.11 Å². The Bertz CT molecular complexity index is 523. The molecule has 0 aliphatic carbocycles. The minimum atomic E-state index is -0.733. The van der Waals surface area contributed by atoms with E-state index >= 15 is 0 Å². The van der Waals surface area contributed by atoms with Gasteiger partial charge in [-0.05, 0) is 38.0 Å². The fraction of sp³-hybridized carbons (Fsp3) is 0.500. The summed E-state index contributed by atoms with van der Waals surface area (Å²) in [5, 5.41) is 0. The third-order valence-electron chi connectivity index (χ3n) is 3.68. The summed E-state index contributed by atoms with van der Waals surface area (Å²) in [5.41, 5.74) is 0.955. The van der Waals surface area contributed by atoms with Crippen LogP contribution in [0.1, 0.15) is 25.8 Å². The quantitative estimate of drug-likeness (QED) is 0.544. The standard InChI is InChI=1S/C18H24O5/c1-5-6-15-17(23-18(2,3)22-15)16(11-19)21-12-13-7-9-14(20-4)10-8-13/h5,7-11,15-17H,1,6,12H2,2-4H3/t15-,16+,17-/m0/s1. The lowest BCUT2D eigenvalue weighted by atomic mass is 10.1. The molecule has 5 heteroatoms. The number of benzene rings is 1. The number of methoxy groups -OCH3 is 1. The fourth-order valence-corrected chi connectivity index (χ4v) is 2.61. The predicted octanol–water partition coefficient (Wildman–Crippen LogP) is 2.88. The Hall–Kier alpha value is -1.69. The molecule has 1 aromatic rings. The molecule has 126 valence electrons. The van der Waals surface area contributed by atoms with Crippen molar-refractivity contribution in [3.05, 3.63) is 42.5 Å². The first kappa shape index (κ1) is 17.7. The largest absolute Gasteiger partial charge is 0.497 e. The molecule has 0 spiro atoms. The highest BCUT2D eigenvalue weighted by molar-refractivity contribution is 5.57. The van der Waals surface area contributed by atoms with Crippen molar-refractivity contribution in [2.45, 2.75) is 51.0 Å². The molecule has 23 heavy (non-hydrogen) atoms. The molecule has 1 heterocycles. The van der Waals surface area contributed by atoms with Crippen molar-refractivity contribution in [1.29, 1.82) is 0 Å². The Kier molecular flexibility index (Phi) is 5.93. The normalized spacial score (nSPS) is 24.1. The lowest BCUT2D eigenvalue weighted by Gasteiger charge is -2.22. The Morgan fingerprint density at radius 1 is 1.30 bits per heavy atom. The van der Waals surface area contributed by atoms with Gasteiger partial charge in [-0.15, -0.1) is 6.58 Å². The highest BCUT2D eigenvalue weighted by Crippen LogP contribution is 2.32. The molecule has 1 aromatic carbocycles. The molecule has 5 nitrogen and oxygen atoms in total. The lowest BCUT2D eigenvalue weighted by molar-refractivity contribution is -0.161. The Morgan fingerprint density at radius 2 is 2.00 bits per heavy atom. The van der Waals surface area contributed by atoms with Gasteiger partial charge in [-0.3, -0.25) is 0 Å². The van der Waals surface area contributed by atoms with Gasteiger partial charge < -0.3 is 23.7 Å². The minimum absolute atomic E-state index is 0.242. The molecular formula is C18H24O5. The van der Waals surface area contributed by atoms with Crippen LogP contribution in [0, 0.1) is 0 Å². The molecule has 0 amide bonds. The molecule has 1 aliphatic heterocycles. The van der Waals surface area contributed by atoms with Crippen molar-refractivity contribution in [3.63, 3.8) is 0 Å². The maximum atomic E-state index is 11.5. The molecule has 0 radical (unpaired) electrons. The first-order valence-corrected chi connectivity index (χ1v) is 7.65. The molecular weight excluding hydrogens is 296 g/mol. The van der Waals surface area contributed by atoms with E-state index in [4.69, 9.17) is 18.9 Å². The molecule has 0 saturated carbocycles. The van der Waals surface area contributed by atoms with Crippen molar-refractivity contribution in [1.82, 2.24) is 0 Å². The molecule has 0 unspecified atom stereocenters. The molecule has 1 saturated heterocycles.